The van der Waals surface area contributed by atoms with Gasteiger partial charge in [0.25, 0.3) is 0 Å². The zero-order valence-corrected chi connectivity index (χ0v) is 18.0. The van der Waals surface area contributed by atoms with Crippen molar-refractivity contribution in [2.75, 3.05) is 13.6 Å². The zero-order chi connectivity index (χ0) is 19.4. The van der Waals surface area contributed by atoms with Gasteiger partial charge in [-0.2, -0.15) is 0 Å². The number of halogens is 1. The molecular weight excluding hydrogens is 386 g/mol. The molecule has 2 aromatic carbocycles. The summed E-state index contributed by atoms with van der Waals surface area (Å²) in [5.74, 6) is 0. The third kappa shape index (κ3) is 3.97. The fourth-order valence-electron chi connectivity index (χ4n) is 4.57. The first-order chi connectivity index (χ1) is 13.7. The van der Waals surface area contributed by atoms with E-state index in [0.717, 1.165) is 36.3 Å². The van der Waals surface area contributed by atoms with Crippen molar-refractivity contribution in [1.82, 2.24) is 15.6 Å². The number of thiazole rings is 1. The Hall–Kier alpha value is -1.46. The highest BCUT2D eigenvalue weighted by Gasteiger charge is 2.41. The average Bonchev–Trinajstić information content (AvgIpc) is 3.15. The van der Waals surface area contributed by atoms with E-state index in [9.17, 15) is 0 Å². The van der Waals surface area contributed by atoms with E-state index in [0.29, 0.717) is 6.04 Å². The molecule has 1 saturated carbocycles. The van der Waals surface area contributed by atoms with Crippen LogP contribution in [0.1, 0.15) is 42.7 Å². The molecule has 0 saturated heterocycles. The quantitative estimate of drug-likeness (QED) is 0.500. The smallest absolute Gasteiger partial charge is 0.0939 e. The van der Waals surface area contributed by atoms with Crippen LogP contribution in [0.15, 0.2) is 48.5 Å². The van der Waals surface area contributed by atoms with Gasteiger partial charge in [0.2, 0.25) is 0 Å². The third-order valence-electron chi connectivity index (χ3n) is 6.01. The number of rotatable bonds is 7. The molecule has 3 aromatic rings. The number of nitrogens with one attached hydrogen (secondary N) is 2. The minimum absolute atomic E-state index is 0.0908. The topological polar surface area (TPSA) is 37.0 Å². The van der Waals surface area contributed by atoms with E-state index < -0.39 is 0 Å². The summed E-state index contributed by atoms with van der Waals surface area (Å²) in [5, 5.41) is 9.59. The molecule has 0 amide bonds. The van der Waals surface area contributed by atoms with Gasteiger partial charge in [0.15, 0.2) is 0 Å². The molecule has 3 nitrogen and oxygen atoms in total. The van der Waals surface area contributed by atoms with E-state index in [1.165, 1.54) is 34.5 Å². The Kier molecular flexibility index (Phi) is 6.32. The van der Waals surface area contributed by atoms with Crippen molar-refractivity contribution in [3.63, 3.8) is 0 Å². The summed E-state index contributed by atoms with van der Waals surface area (Å²) in [5.41, 5.74) is 2.25. The Morgan fingerprint density at radius 1 is 1.14 bits per heavy atom. The summed E-state index contributed by atoms with van der Waals surface area (Å²) in [6.07, 6.45) is 6.91. The summed E-state index contributed by atoms with van der Waals surface area (Å²) in [4.78, 5) is 4.76. The molecule has 4 rings (SSSR count). The van der Waals surface area contributed by atoms with Crippen LogP contribution in [-0.2, 0) is 12.0 Å². The predicted octanol–water partition coefficient (Wildman–Crippen LogP) is 5.53. The summed E-state index contributed by atoms with van der Waals surface area (Å²) in [7, 11) is 2.07. The number of likely N-dealkylation sites (N-methyl/N-ethyl adjacent to an activating group) is 1. The summed E-state index contributed by atoms with van der Waals surface area (Å²) in [6.45, 7) is 0.995. The van der Waals surface area contributed by atoms with Crippen molar-refractivity contribution < 1.29 is 0 Å². The molecule has 28 heavy (non-hydrogen) atoms. The van der Waals surface area contributed by atoms with Crippen molar-refractivity contribution in [3.8, 4) is 0 Å². The van der Waals surface area contributed by atoms with Crippen LogP contribution in [0.25, 0.3) is 10.2 Å². The number of nitrogens with zero attached hydrogens (tertiary/aromatic N) is 1. The van der Waals surface area contributed by atoms with Crippen LogP contribution in [0.2, 0.25) is 5.02 Å². The molecule has 0 bridgehead atoms. The SMILES string of the molecule is CNC1(c2ccccc2Cl)CCCCC1NCCCc1nc2ccccc2s1. The van der Waals surface area contributed by atoms with Crippen molar-refractivity contribution >= 4 is 33.2 Å². The summed E-state index contributed by atoms with van der Waals surface area (Å²) >= 11 is 8.41. The number of fused-ring (bicyclic) bond motifs is 1. The first-order valence-electron chi connectivity index (χ1n) is 10.2. The van der Waals surface area contributed by atoms with E-state index in [1.54, 1.807) is 0 Å². The van der Waals surface area contributed by atoms with Gasteiger partial charge in [0.1, 0.15) is 0 Å². The predicted molar refractivity (Wildman–Crippen MR) is 120 cm³/mol. The fraction of sp³-hybridized carbons (Fsp3) is 0.435. The van der Waals surface area contributed by atoms with Gasteiger partial charge in [0, 0.05) is 17.5 Å². The Labute approximate surface area is 176 Å². The Morgan fingerprint density at radius 3 is 2.79 bits per heavy atom. The van der Waals surface area contributed by atoms with E-state index >= 15 is 0 Å². The molecule has 2 N–H and O–H groups in total. The first kappa shape index (κ1) is 19.8. The number of aromatic nitrogens is 1. The lowest BCUT2D eigenvalue weighted by atomic mass is 9.72. The number of aryl methyl sites for hydroxylation is 1. The molecular formula is C23H28ClN3S. The molecule has 1 fully saturated rings. The monoisotopic (exact) mass is 413 g/mol. The lowest BCUT2D eigenvalue weighted by Crippen LogP contribution is -2.58. The largest absolute Gasteiger partial charge is 0.312 e. The first-order valence-corrected chi connectivity index (χ1v) is 11.4. The van der Waals surface area contributed by atoms with Gasteiger partial charge >= 0.3 is 0 Å². The van der Waals surface area contributed by atoms with Crippen molar-refractivity contribution in [2.45, 2.75) is 50.1 Å². The van der Waals surface area contributed by atoms with Gasteiger partial charge in [-0.3, -0.25) is 0 Å². The molecule has 1 aromatic heterocycles. The maximum Gasteiger partial charge on any atom is 0.0939 e. The maximum atomic E-state index is 6.60. The lowest BCUT2D eigenvalue weighted by Gasteiger charge is -2.45. The standard InChI is InChI=1S/C23H28ClN3S/c1-25-23(17-9-2-3-10-18(17)24)15-7-6-13-21(23)26-16-8-14-22-27-19-11-4-5-12-20(19)28-22/h2-5,9-12,21,25-26H,6-8,13-16H2,1H3. The molecule has 1 heterocycles. The van der Waals surface area contributed by atoms with Crippen LogP contribution in [0.3, 0.4) is 0 Å². The van der Waals surface area contributed by atoms with Crippen molar-refractivity contribution in [3.05, 3.63) is 64.1 Å². The third-order valence-corrected chi connectivity index (χ3v) is 7.43. The summed E-state index contributed by atoms with van der Waals surface area (Å²) in [6, 6.07) is 17.1. The minimum atomic E-state index is -0.0908. The summed E-state index contributed by atoms with van der Waals surface area (Å²) < 4.78 is 1.28. The number of para-hydroxylation sites is 1. The average molecular weight is 414 g/mol. The van der Waals surface area contributed by atoms with Crippen LogP contribution in [0.5, 0.6) is 0 Å². The van der Waals surface area contributed by atoms with Gasteiger partial charge in [0.05, 0.1) is 20.8 Å². The lowest BCUT2D eigenvalue weighted by molar-refractivity contribution is 0.178. The maximum absolute atomic E-state index is 6.60. The molecule has 0 spiro atoms. The normalized spacial score (nSPS) is 22.6. The molecule has 148 valence electrons. The Bertz CT molecular complexity index is 892. The van der Waals surface area contributed by atoms with Crippen LogP contribution in [-0.4, -0.2) is 24.6 Å². The van der Waals surface area contributed by atoms with E-state index in [4.69, 9.17) is 16.6 Å². The second-order valence-electron chi connectivity index (χ2n) is 7.63. The molecule has 2 atom stereocenters. The van der Waals surface area contributed by atoms with Gasteiger partial charge in [-0.25, -0.2) is 4.98 Å². The van der Waals surface area contributed by atoms with Crippen LogP contribution in [0, 0.1) is 0 Å². The second kappa shape index (κ2) is 8.91. The molecule has 5 heteroatoms. The molecule has 0 radical (unpaired) electrons. The molecule has 1 aliphatic rings. The number of benzene rings is 2. The Morgan fingerprint density at radius 2 is 1.96 bits per heavy atom. The highest BCUT2D eigenvalue weighted by Crippen LogP contribution is 2.40. The van der Waals surface area contributed by atoms with Gasteiger partial charge in [-0.05, 0) is 56.6 Å². The zero-order valence-electron chi connectivity index (χ0n) is 16.4. The van der Waals surface area contributed by atoms with Gasteiger partial charge < -0.3 is 10.6 Å². The Balaban J connectivity index is 1.41. The number of hydrogen-bond donors (Lipinski definition) is 2. The second-order valence-corrected chi connectivity index (χ2v) is 9.15. The molecule has 2 unspecified atom stereocenters. The number of hydrogen-bond acceptors (Lipinski definition) is 4. The van der Waals surface area contributed by atoms with E-state index in [2.05, 4.69) is 54.1 Å². The van der Waals surface area contributed by atoms with Gasteiger partial charge in [-0.15, -0.1) is 11.3 Å². The molecule has 1 aliphatic carbocycles. The highest BCUT2D eigenvalue weighted by molar-refractivity contribution is 7.18. The van der Waals surface area contributed by atoms with E-state index in [-0.39, 0.29) is 5.54 Å². The molecule has 0 aliphatic heterocycles. The van der Waals surface area contributed by atoms with E-state index in [1.807, 2.05) is 23.5 Å². The van der Waals surface area contributed by atoms with Crippen LogP contribution < -0.4 is 10.6 Å². The van der Waals surface area contributed by atoms with Gasteiger partial charge in [-0.1, -0.05) is 54.8 Å². The van der Waals surface area contributed by atoms with Crippen molar-refractivity contribution in [2.24, 2.45) is 0 Å². The minimum Gasteiger partial charge on any atom is -0.312 e. The fourth-order valence-corrected chi connectivity index (χ4v) is 5.88. The van der Waals surface area contributed by atoms with Crippen LogP contribution in [0.4, 0.5) is 0 Å². The van der Waals surface area contributed by atoms with Crippen molar-refractivity contribution in [1.29, 1.82) is 0 Å². The highest BCUT2D eigenvalue weighted by atomic mass is 35.5. The van der Waals surface area contributed by atoms with Crippen LogP contribution >= 0.6 is 22.9 Å².